The van der Waals surface area contributed by atoms with Crippen molar-refractivity contribution in [3.05, 3.63) is 46.8 Å². The summed E-state index contributed by atoms with van der Waals surface area (Å²) in [5.41, 5.74) is 1.19. The Morgan fingerprint density at radius 1 is 1.43 bits per heavy atom. The lowest BCUT2D eigenvalue weighted by atomic mass is 10.0. The Balaban J connectivity index is 1.58. The molecule has 0 saturated carbocycles. The highest BCUT2D eigenvalue weighted by atomic mass is 16.8. The van der Waals surface area contributed by atoms with Gasteiger partial charge in [-0.2, -0.15) is 5.23 Å². The summed E-state index contributed by atoms with van der Waals surface area (Å²) in [6.45, 7) is 0.0444. The van der Waals surface area contributed by atoms with E-state index in [2.05, 4.69) is 0 Å². The number of nitrogens with zero attached hydrogens (tertiary/aromatic N) is 1. The average molecular weight is 290 g/mol. The second-order valence-corrected chi connectivity index (χ2v) is 5.02. The van der Waals surface area contributed by atoms with Gasteiger partial charge in [0, 0.05) is 24.6 Å². The van der Waals surface area contributed by atoms with Crippen LogP contribution < -0.4 is 5.23 Å². The molecule has 1 aromatic rings. The SMILES string of the molecule is O=C(OCc1ccc([NH+]([O-])O)cc1)C1=CCC2CC(=O)N12. The van der Waals surface area contributed by atoms with E-state index in [1.807, 2.05) is 0 Å². The third-order valence-corrected chi connectivity index (χ3v) is 3.67. The van der Waals surface area contributed by atoms with Crippen LogP contribution in [-0.2, 0) is 20.9 Å². The van der Waals surface area contributed by atoms with Crippen LogP contribution in [0, 0.1) is 5.21 Å². The van der Waals surface area contributed by atoms with Crippen molar-refractivity contribution in [3.63, 3.8) is 0 Å². The van der Waals surface area contributed by atoms with Gasteiger partial charge >= 0.3 is 5.97 Å². The summed E-state index contributed by atoms with van der Waals surface area (Å²) >= 11 is 0. The number of esters is 1. The molecule has 0 spiro atoms. The maximum absolute atomic E-state index is 12.0. The van der Waals surface area contributed by atoms with E-state index in [0.29, 0.717) is 24.1 Å². The smallest absolute Gasteiger partial charge is 0.355 e. The standard InChI is InChI=1S/C14H14N2O5/c17-13-7-11-5-6-12(15(11)13)14(18)21-8-9-1-3-10(4-2-9)16(19)20/h1-4,6,11,16,19H,5,7-8H2. The van der Waals surface area contributed by atoms with Crippen molar-refractivity contribution in [1.82, 2.24) is 4.90 Å². The minimum Gasteiger partial charge on any atom is -0.595 e. The maximum Gasteiger partial charge on any atom is 0.355 e. The fraction of sp³-hybridized carbons (Fsp3) is 0.286. The zero-order valence-corrected chi connectivity index (χ0v) is 11.1. The Kier molecular flexibility index (Phi) is 3.46. The molecular formula is C14H14N2O5. The minimum absolute atomic E-state index is 0.0444. The summed E-state index contributed by atoms with van der Waals surface area (Å²) in [6.07, 6.45) is 2.92. The molecule has 0 bridgehead atoms. The summed E-state index contributed by atoms with van der Waals surface area (Å²) in [5, 5.41) is 18.5. The van der Waals surface area contributed by atoms with Gasteiger partial charge < -0.3 is 14.8 Å². The van der Waals surface area contributed by atoms with Gasteiger partial charge in [-0.25, -0.2) is 10.0 Å². The van der Waals surface area contributed by atoms with Crippen LogP contribution in [0.3, 0.4) is 0 Å². The molecule has 2 unspecified atom stereocenters. The highest BCUT2D eigenvalue weighted by Crippen LogP contribution is 2.34. The number of fused-ring (bicyclic) bond motifs is 1. The third kappa shape index (κ3) is 2.54. The zero-order chi connectivity index (χ0) is 15.0. The number of quaternary nitrogens is 1. The minimum atomic E-state index is -1.00. The van der Waals surface area contributed by atoms with Crippen LogP contribution in [0.4, 0.5) is 5.69 Å². The van der Waals surface area contributed by atoms with Crippen molar-refractivity contribution >= 4 is 17.6 Å². The van der Waals surface area contributed by atoms with Crippen molar-refractivity contribution in [2.75, 3.05) is 0 Å². The van der Waals surface area contributed by atoms with Gasteiger partial charge in [0.25, 0.3) is 0 Å². The first-order chi connectivity index (χ1) is 10.1. The Morgan fingerprint density at radius 2 is 2.14 bits per heavy atom. The van der Waals surface area contributed by atoms with E-state index < -0.39 is 11.2 Å². The zero-order valence-electron chi connectivity index (χ0n) is 11.1. The van der Waals surface area contributed by atoms with Gasteiger partial charge in [-0.1, -0.05) is 6.08 Å². The van der Waals surface area contributed by atoms with Gasteiger partial charge in [0.15, 0.2) is 5.69 Å². The first-order valence-corrected chi connectivity index (χ1v) is 6.58. The number of carbonyl (C=O) groups is 2. The van der Waals surface area contributed by atoms with Crippen molar-refractivity contribution in [3.8, 4) is 0 Å². The van der Waals surface area contributed by atoms with E-state index in [1.54, 1.807) is 18.2 Å². The van der Waals surface area contributed by atoms with Gasteiger partial charge in [0.1, 0.15) is 12.3 Å². The molecule has 0 aromatic heterocycles. The summed E-state index contributed by atoms with van der Waals surface area (Å²) in [5.74, 6) is -0.570. The number of hydrogen-bond donors (Lipinski definition) is 2. The van der Waals surface area contributed by atoms with Crippen molar-refractivity contribution in [2.24, 2.45) is 0 Å². The molecule has 0 aliphatic carbocycles. The Labute approximate surface area is 120 Å². The van der Waals surface area contributed by atoms with Gasteiger partial charge in [-0.3, -0.25) is 4.79 Å². The number of carbonyl (C=O) groups excluding carboxylic acids is 2. The molecule has 2 aliphatic rings. The predicted octanol–water partition coefficient (Wildman–Crippen LogP) is 0.0217. The molecule has 1 saturated heterocycles. The first-order valence-electron chi connectivity index (χ1n) is 6.58. The van der Waals surface area contributed by atoms with Crippen LogP contribution in [0.15, 0.2) is 36.0 Å². The highest BCUT2D eigenvalue weighted by molar-refractivity contribution is 5.98. The van der Waals surface area contributed by atoms with Crippen LogP contribution >= 0.6 is 0 Å². The molecule has 21 heavy (non-hydrogen) atoms. The van der Waals surface area contributed by atoms with Crippen LogP contribution in [0.2, 0.25) is 0 Å². The van der Waals surface area contributed by atoms with Crippen LogP contribution in [0.25, 0.3) is 0 Å². The molecule has 1 amide bonds. The largest absolute Gasteiger partial charge is 0.595 e. The normalized spacial score (nSPS) is 21.4. The first kappa shape index (κ1) is 13.7. The van der Waals surface area contributed by atoms with Crippen molar-refractivity contribution in [2.45, 2.75) is 25.5 Å². The lowest BCUT2D eigenvalue weighted by Crippen LogP contribution is -2.99. The monoisotopic (exact) mass is 290 g/mol. The van der Waals surface area contributed by atoms with E-state index >= 15 is 0 Å². The Bertz CT molecular complexity index is 608. The molecule has 1 aromatic carbocycles. The lowest BCUT2D eigenvalue weighted by Gasteiger charge is -2.35. The van der Waals surface area contributed by atoms with Crippen LogP contribution in [-0.4, -0.2) is 28.0 Å². The molecular weight excluding hydrogens is 276 g/mol. The lowest BCUT2D eigenvalue weighted by molar-refractivity contribution is -0.991. The summed E-state index contributed by atoms with van der Waals surface area (Å²) in [4.78, 5) is 24.9. The number of rotatable bonds is 4. The molecule has 2 N–H and O–H groups in total. The van der Waals surface area contributed by atoms with Gasteiger partial charge in [-0.15, -0.1) is 0 Å². The summed E-state index contributed by atoms with van der Waals surface area (Å²) in [6, 6.07) is 6.22. The Hall–Kier alpha value is -2.22. The summed E-state index contributed by atoms with van der Waals surface area (Å²) in [7, 11) is 0. The van der Waals surface area contributed by atoms with E-state index in [9.17, 15) is 14.8 Å². The molecule has 1 fully saturated rings. The number of ether oxygens (including phenoxy) is 1. The predicted molar refractivity (Wildman–Crippen MR) is 70.0 cm³/mol. The molecule has 7 nitrogen and oxygen atoms in total. The molecule has 0 radical (unpaired) electrons. The molecule has 2 aliphatic heterocycles. The number of amides is 1. The van der Waals surface area contributed by atoms with E-state index in [1.165, 1.54) is 17.0 Å². The number of nitrogens with one attached hydrogen (secondary N) is 1. The molecule has 3 rings (SSSR count). The number of β-lactam (4-membered cyclic amide) rings is 1. The second kappa shape index (κ2) is 5.28. The Morgan fingerprint density at radius 3 is 2.76 bits per heavy atom. The summed E-state index contributed by atoms with van der Waals surface area (Å²) < 4.78 is 5.16. The molecule has 2 atom stereocenters. The second-order valence-electron chi connectivity index (χ2n) is 5.02. The van der Waals surface area contributed by atoms with Gasteiger partial charge in [0.05, 0.1) is 0 Å². The van der Waals surface area contributed by atoms with Crippen molar-refractivity contribution < 1.29 is 24.8 Å². The van der Waals surface area contributed by atoms with Gasteiger partial charge in [-0.05, 0) is 24.1 Å². The van der Waals surface area contributed by atoms with Crippen LogP contribution in [0.1, 0.15) is 18.4 Å². The van der Waals surface area contributed by atoms with Crippen molar-refractivity contribution in [1.29, 1.82) is 0 Å². The fourth-order valence-corrected chi connectivity index (χ4v) is 2.50. The topological polar surface area (TPSA) is 94.3 Å². The average Bonchev–Trinajstić information content (AvgIpc) is 2.82. The quantitative estimate of drug-likeness (QED) is 0.463. The van der Waals surface area contributed by atoms with E-state index in [-0.39, 0.29) is 24.2 Å². The molecule has 110 valence electrons. The van der Waals surface area contributed by atoms with Crippen LogP contribution in [0.5, 0.6) is 0 Å². The van der Waals surface area contributed by atoms with E-state index in [0.717, 1.165) is 0 Å². The third-order valence-electron chi connectivity index (χ3n) is 3.67. The van der Waals surface area contributed by atoms with E-state index in [4.69, 9.17) is 9.94 Å². The fourth-order valence-electron chi connectivity index (χ4n) is 2.50. The van der Waals surface area contributed by atoms with Gasteiger partial charge in [0.2, 0.25) is 5.91 Å². The molecule has 7 heteroatoms. The number of hydrogen-bond acceptors (Lipinski definition) is 5. The molecule has 2 heterocycles. The maximum atomic E-state index is 12.0. The number of benzene rings is 1. The highest BCUT2D eigenvalue weighted by Gasteiger charge is 2.44.